The maximum Gasteiger partial charge on any atom is 0.336 e. The van der Waals surface area contributed by atoms with Crippen molar-refractivity contribution in [3.8, 4) is 0 Å². The van der Waals surface area contributed by atoms with Crippen LogP contribution in [0.2, 0.25) is 0 Å². The van der Waals surface area contributed by atoms with Crippen LogP contribution in [0, 0.1) is 0 Å². The predicted molar refractivity (Wildman–Crippen MR) is 66.8 cm³/mol. The van der Waals surface area contributed by atoms with Crippen molar-refractivity contribution in [1.29, 1.82) is 0 Å². The topological polar surface area (TPSA) is 75.6 Å². The second kappa shape index (κ2) is 5.64. The van der Waals surface area contributed by atoms with Gasteiger partial charge in [-0.25, -0.2) is 4.79 Å². The van der Waals surface area contributed by atoms with Gasteiger partial charge in [0.05, 0.1) is 16.7 Å². The molecular weight excluding hydrogens is 234 g/mol. The smallest absolute Gasteiger partial charge is 0.336 e. The molecule has 5 heteroatoms. The van der Waals surface area contributed by atoms with Gasteiger partial charge in [-0.1, -0.05) is 12.1 Å². The van der Waals surface area contributed by atoms with E-state index >= 15 is 0 Å². The number of hydrogen-bond acceptors (Lipinski definition) is 3. The Kier molecular flexibility index (Phi) is 4.44. The van der Waals surface area contributed by atoms with E-state index in [2.05, 4.69) is 5.32 Å². The van der Waals surface area contributed by atoms with E-state index in [0.717, 1.165) is 0 Å². The lowest BCUT2D eigenvalue weighted by atomic mass is 10.1. The average Bonchev–Trinajstić information content (AvgIpc) is 2.36. The number of nitrogens with one attached hydrogen (secondary N) is 1. The lowest BCUT2D eigenvalue weighted by molar-refractivity contribution is 0.0228. The number of benzene rings is 1. The number of ether oxygens (including phenoxy) is 1. The Bertz CT molecular complexity index is 454. The van der Waals surface area contributed by atoms with Gasteiger partial charge in [0.25, 0.3) is 5.91 Å². The summed E-state index contributed by atoms with van der Waals surface area (Å²) < 4.78 is 5.17. The Balaban J connectivity index is 2.82. The second-order valence-corrected chi connectivity index (χ2v) is 4.50. The molecule has 2 N–H and O–H groups in total. The fourth-order valence-electron chi connectivity index (χ4n) is 1.33. The molecule has 0 aromatic heterocycles. The van der Waals surface area contributed by atoms with Crippen molar-refractivity contribution in [3.05, 3.63) is 35.4 Å². The van der Waals surface area contributed by atoms with Gasteiger partial charge in [0.2, 0.25) is 0 Å². The summed E-state index contributed by atoms with van der Waals surface area (Å²) in [7, 11) is 1.55. The normalized spacial score (nSPS) is 11.1. The molecule has 0 radical (unpaired) electrons. The van der Waals surface area contributed by atoms with E-state index in [-0.39, 0.29) is 11.1 Å². The first-order valence-corrected chi connectivity index (χ1v) is 5.53. The van der Waals surface area contributed by atoms with Crippen LogP contribution in [0.1, 0.15) is 34.6 Å². The molecule has 0 aliphatic heterocycles. The number of aromatic carboxylic acids is 1. The molecule has 0 heterocycles. The molecule has 0 atom stereocenters. The Hall–Kier alpha value is -1.88. The number of carbonyl (C=O) groups excluding carboxylic acids is 1. The monoisotopic (exact) mass is 251 g/mol. The molecule has 1 rings (SSSR count). The van der Waals surface area contributed by atoms with Crippen molar-refractivity contribution in [2.24, 2.45) is 0 Å². The SMILES string of the molecule is COC(C)(C)CNC(=O)c1ccccc1C(=O)O. The molecule has 0 unspecified atom stereocenters. The zero-order chi connectivity index (χ0) is 13.8. The Morgan fingerprint density at radius 2 is 1.83 bits per heavy atom. The summed E-state index contributed by atoms with van der Waals surface area (Å²) in [6, 6.07) is 6.10. The minimum absolute atomic E-state index is 0.00905. The molecule has 0 fully saturated rings. The molecule has 0 saturated heterocycles. The van der Waals surface area contributed by atoms with Crippen LogP contribution in [0.15, 0.2) is 24.3 Å². The number of carboxylic acid groups (broad SMARTS) is 1. The predicted octanol–water partition coefficient (Wildman–Crippen LogP) is 1.54. The molecule has 98 valence electrons. The standard InChI is InChI=1S/C13H17NO4/c1-13(2,18-3)8-14-11(15)9-6-4-5-7-10(9)12(16)17/h4-7H,8H2,1-3H3,(H,14,15)(H,16,17). The molecule has 0 aliphatic carbocycles. The number of hydrogen-bond donors (Lipinski definition) is 2. The van der Waals surface area contributed by atoms with Gasteiger partial charge in [-0.2, -0.15) is 0 Å². The van der Waals surface area contributed by atoms with Gasteiger partial charge < -0.3 is 15.2 Å². The maximum absolute atomic E-state index is 11.9. The van der Waals surface area contributed by atoms with E-state index in [1.807, 2.05) is 13.8 Å². The first kappa shape index (κ1) is 14.2. The summed E-state index contributed by atoms with van der Waals surface area (Å²) in [5, 5.41) is 11.6. The highest BCUT2D eigenvalue weighted by molar-refractivity contribution is 6.04. The lowest BCUT2D eigenvalue weighted by Crippen LogP contribution is -2.40. The average molecular weight is 251 g/mol. The molecule has 1 aromatic carbocycles. The number of amides is 1. The van der Waals surface area contributed by atoms with Crippen LogP contribution >= 0.6 is 0 Å². The van der Waals surface area contributed by atoms with Crippen molar-refractivity contribution in [3.63, 3.8) is 0 Å². The van der Waals surface area contributed by atoms with E-state index < -0.39 is 17.5 Å². The molecule has 5 nitrogen and oxygen atoms in total. The van der Waals surface area contributed by atoms with Crippen LogP contribution in [-0.2, 0) is 4.74 Å². The summed E-state index contributed by atoms with van der Waals surface area (Å²) in [5.41, 5.74) is -0.351. The van der Waals surface area contributed by atoms with Gasteiger partial charge in [0, 0.05) is 13.7 Å². The first-order chi connectivity index (χ1) is 8.37. The summed E-state index contributed by atoms with van der Waals surface area (Å²) in [5.74, 6) is -1.54. The highest BCUT2D eigenvalue weighted by atomic mass is 16.5. The summed E-state index contributed by atoms with van der Waals surface area (Å²) >= 11 is 0. The van der Waals surface area contributed by atoms with Crippen LogP contribution in [0.5, 0.6) is 0 Å². The minimum Gasteiger partial charge on any atom is -0.478 e. The molecule has 0 bridgehead atoms. The molecule has 0 aliphatic rings. The van der Waals surface area contributed by atoms with Crippen LogP contribution < -0.4 is 5.32 Å². The van der Waals surface area contributed by atoms with Gasteiger partial charge in [-0.3, -0.25) is 4.79 Å². The molecule has 1 amide bonds. The summed E-state index contributed by atoms with van der Waals surface area (Å²) in [4.78, 5) is 22.9. The van der Waals surface area contributed by atoms with Crippen LogP contribution in [0.4, 0.5) is 0 Å². The molecule has 0 saturated carbocycles. The Morgan fingerprint density at radius 3 is 2.33 bits per heavy atom. The molecule has 18 heavy (non-hydrogen) atoms. The fourth-order valence-corrected chi connectivity index (χ4v) is 1.33. The van der Waals surface area contributed by atoms with Gasteiger partial charge in [0.1, 0.15) is 0 Å². The zero-order valence-electron chi connectivity index (χ0n) is 10.7. The lowest BCUT2D eigenvalue weighted by Gasteiger charge is -2.23. The van der Waals surface area contributed by atoms with Gasteiger partial charge in [-0.15, -0.1) is 0 Å². The van der Waals surface area contributed by atoms with Crippen molar-refractivity contribution in [2.75, 3.05) is 13.7 Å². The summed E-state index contributed by atoms with van der Waals surface area (Å²) in [6.45, 7) is 3.96. The van der Waals surface area contributed by atoms with E-state index in [1.165, 1.54) is 12.1 Å². The highest BCUT2D eigenvalue weighted by Crippen LogP contribution is 2.10. The molecular formula is C13H17NO4. The van der Waals surface area contributed by atoms with E-state index in [0.29, 0.717) is 6.54 Å². The van der Waals surface area contributed by atoms with E-state index in [4.69, 9.17) is 9.84 Å². The first-order valence-electron chi connectivity index (χ1n) is 5.53. The minimum atomic E-state index is -1.12. The number of carboxylic acids is 1. The Labute approximate surface area is 106 Å². The van der Waals surface area contributed by atoms with Gasteiger partial charge in [-0.05, 0) is 26.0 Å². The quantitative estimate of drug-likeness (QED) is 0.832. The van der Waals surface area contributed by atoms with Crippen LogP contribution in [-0.4, -0.2) is 36.2 Å². The number of carbonyl (C=O) groups is 2. The van der Waals surface area contributed by atoms with E-state index in [1.54, 1.807) is 19.2 Å². The van der Waals surface area contributed by atoms with Crippen LogP contribution in [0.3, 0.4) is 0 Å². The van der Waals surface area contributed by atoms with Crippen LogP contribution in [0.25, 0.3) is 0 Å². The van der Waals surface area contributed by atoms with Crippen molar-refractivity contribution >= 4 is 11.9 Å². The number of methoxy groups -OCH3 is 1. The van der Waals surface area contributed by atoms with Crippen molar-refractivity contribution < 1.29 is 19.4 Å². The molecule has 1 aromatic rings. The third kappa shape index (κ3) is 3.56. The van der Waals surface area contributed by atoms with E-state index in [9.17, 15) is 9.59 Å². The fraction of sp³-hybridized carbons (Fsp3) is 0.385. The maximum atomic E-state index is 11.9. The van der Waals surface area contributed by atoms with Gasteiger partial charge in [0.15, 0.2) is 0 Å². The largest absolute Gasteiger partial charge is 0.478 e. The third-order valence-electron chi connectivity index (χ3n) is 2.63. The van der Waals surface area contributed by atoms with Gasteiger partial charge >= 0.3 is 5.97 Å². The number of rotatable bonds is 5. The van der Waals surface area contributed by atoms with Crippen molar-refractivity contribution in [1.82, 2.24) is 5.32 Å². The zero-order valence-corrected chi connectivity index (χ0v) is 10.7. The van der Waals surface area contributed by atoms with Crippen molar-refractivity contribution in [2.45, 2.75) is 19.4 Å². The Morgan fingerprint density at radius 1 is 1.28 bits per heavy atom. The highest BCUT2D eigenvalue weighted by Gasteiger charge is 2.20. The third-order valence-corrected chi connectivity index (χ3v) is 2.63. The second-order valence-electron chi connectivity index (χ2n) is 4.50. The molecule has 0 spiro atoms. The summed E-state index contributed by atoms with van der Waals surface area (Å²) in [6.07, 6.45) is 0.